The fourth-order valence-electron chi connectivity index (χ4n) is 0. The van der Waals surface area contributed by atoms with Crippen molar-refractivity contribution >= 4 is 0 Å². The lowest BCUT2D eigenvalue weighted by atomic mass is 12.6. The van der Waals surface area contributed by atoms with E-state index in [1.807, 2.05) is 0 Å². The molecule has 0 aliphatic rings. The predicted molar refractivity (Wildman–Crippen MR) is 19.9 cm³/mol. The van der Waals surface area contributed by atoms with Gasteiger partial charge in [0.05, 0.1) is 0 Å². The van der Waals surface area contributed by atoms with Crippen LogP contribution in [0.4, 0.5) is 0 Å². The zero-order valence-corrected chi connectivity index (χ0v) is 2.81. The molecule has 0 saturated carbocycles. The van der Waals surface area contributed by atoms with Crippen molar-refractivity contribution < 1.29 is 0 Å². The van der Waals surface area contributed by atoms with Crippen LogP contribution < -0.4 is 28.9 Å². The van der Waals surface area contributed by atoms with Crippen LogP contribution in [0.3, 0.4) is 0 Å². The van der Waals surface area contributed by atoms with Crippen molar-refractivity contribution in [2.24, 2.45) is 23.4 Å². The quantitative estimate of drug-likeness (QED) is 0.158. The summed E-state index contributed by atoms with van der Waals surface area (Å²) in [6, 6.07) is 0. The molecule has 0 aliphatic carbocycles. The van der Waals surface area contributed by atoms with Crippen molar-refractivity contribution in [3.8, 4) is 0 Å². The van der Waals surface area contributed by atoms with E-state index in [-0.39, 0.29) is 0 Å². The summed E-state index contributed by atoms with van der Waals surface area (Å²) in [5.41, 5.74) is 1.75. The minimum absolute atomic E-state index is 1.75. The van der Waals surface area contributed by atoms with Crippen molar-refractivity contribution in [2.75, 3.05) is 0 Å². The number of nitrogens with one attached hydrogen (secondary N) is 1. The molecule has 9 N–H and O–H groups in total. The average molecular weight is 79.1 g/mol. The van der Waals surface area contributed by atoms with E-state index in [2.05, 4.69) is 23.4 Å². The van der Waals surface area contributed by atoms with Crippen LogP contribution in [0.15, 0.2) is 0 Å². The average Bonchev–Trinajstić information content (AvgIpc) is 1.46. The maximum Gasteiger partial charge on any atom is -0.200 e. The zero-order valence-electron chi connectivity index (χ0n) is 2.81. The minimum atomic E-state index is 1.75. The van der Waals surface area contributed by atoms with E-state index >= 15 is 0 Å². The third kappa shape index (κ3) is 308. The van der Waals surface area contributed by atoms with Crippen LogP contribution in [0.5, 0.6) is 0 Å². The molecule has 0 aromatic heterocycles. The van der Waals surface area contributed by atoms with Crippen LogP contribution in [0.25, 0.3) is 0 Å². The first-order valence-corrected chi connectivity index (χ1v) is 0.911. The zero-order chi connectivity index (χ0) is 4.71. The Hall–Kier alpha value is -0.200. The molecular weight excluding hydrogens is 70.0 g/mol. The van der Waals surface area contributed by atoms with E-state index in [9.17, 15) is 0 Å². The molecule has 0 rings (SSSR count). The third-order valence-corrected chi connectivity index (χ3v) is 0. The lowest BCUT2D eigenvalue weighted by Crippen LogP contribution is -2.29. The number of hydrogen-bond donors (Lipinski definition) is 5. The first-order valence-electron chi connectivity index (χ1n) is 0.911. The molecule has 0 fully saturated rings. The first kappa shape index (κ1) is 8.84. The number of rotatable bonds is 0. The standard InChI is InChI=1S/H5N3.H4N2/c1-3-2;1-2/h3H,1-2H2;1-2H2. The SMILES string of the molecule is NN.NNN. The van der Waals surface area contributed by atoms with E-state index in [4.69, 9.17) is 0 Å². The number of hydrogen-bond acceptors (Lipinski definition) is 5. The predicted octanol–water partition coefficient (Wildman–Crippen LogP) is -2.86. The van der Waals surface area contributed by atoms with Gasteiger partial charge in [-0.2, -0.15) is 5.53 Å². The Balaban J connectivity index is 0. The maximum absolute atomic E-state index is 4.38. The van der Waals surface area contributed by atoms with Gasteiger partial charge in [-0.05, 0) is 0 Å². The van der Waals surface area contributed by atoms with Crippen molar-refractivity contribution in [3.05, 3.63) is 0 Å². The van der Waals surface area contributed by atoms with Crippen LogP contribution in [0.2, 0.25) is 0 Å². The molecule has 0 bridgehead atoms. The Kier molecular flexibility index (Phi) is 82.3. The summed E-state index contributed by atoms with van der Waals surface area (Å²) < 4.78 is 0. The van der Waals surface area contributed by atoms with E-state index in [0.717, 1.165) is 0 Å². The largest absolute Gasteiger partial charge is 0.274 e. The highest BCUT2D eigenvalue weighted by Gasteiger charge is 1.19. The maximum atomic E-state index is 4.38. The summed E-state index contributed by atoms with van der Waals surface area (Å²) in [7, 11) is 0. The molecule has 0 spiro atoms. The Morgan fingerprint density at radius 2 is 1.00 bits per heavy atom. The summed E-state index contributed by atoms with van der Waals surface area (Å²) in [6.45, 7) is 0. The molecule has 34 valence electrons. The summed E-state index contributed by atoms with van der Waals surface area (Å²) in [6.07, 6.45) is 0. The monoisotopic (exact) mass is 79.1 g/mol. The van der Waals surface area contributed by atoms with Gasteiger partial charge in [-0.25, -0.2) is 0 Å². The van der Waals surface area contributed by atoms with Crippen molar-refractivity contribution in [3.63, 3.8) is 0 Å². The highest BCUT2D eigenvalue weighted by atomic mass is 15.4. The molecule has 0 aromatic rings. The van der Waals surface area contributed by atoms with Crippen LogP contribution in [0, 0.1) is 0 Å². The van der Waals surface area contributed by atoms with Crippen LogP contribution in [0.1, 0.15) is 0 Å². The van der Waals surface area contributed by atoms with E-state index in [1.165, 1.54) is 0 Å². The van der Waals surface area contributed by atoms with Gasteiger partial charge < -0.3 is 0 Å². The molecule has 5 heavy (non-hydrogen) atoms. The van der Waals surface area contributed by atoms with Crippen molar-refractivity contribution in [1.29, 1.82) is 0 Å². The molecule has 0 aliphatic heterocycles. The van der Waals surface area contributed by atoms with E-state index < -0.39 is 0 Å². The summed E-state index contributed by atoms with van der Waals surface area (Å²) in [5, 5.41) is 0. The number of hydrazine groups is 3. The molecule has 0 unspecified atom stereocenters. The molecule has 5 heteroatoms. The highest BCUT2D eigenvalue weighted by molar-refractivity contribution is 3.63. The van der Waals surface area contributed by atoms with Crippen LogP contribution >= 0.6 is 0 Å². The van der Waals surface area contributed by atoms with Crippen molar-refractivity contribution in [2.45, 2.75) is 0 Å². The smallest absolute Gasteiger partial charge is 0.200 e. The van der Waals surface area contributed by atoms with Crippen LogP contribution in [-0.2, 0) is 0 Å². The van der Waals surface area contributed by atoms with Gasteiger partial charge in [-0.3, -0.25) is 23.4 Å². The molecule has 0 saturated heterocycles. The second kappa shape index (κ2) is 46.5. The number of nitrogens with two attached hydrogens (primary N) is 4. The van der Waals surface area contributed by atoms with Gasteiger partial charge in [0.2, 0.25) is 0 Å². The lowest BCUT2D eigenvalue weighted by Gasteiger charge is -1.64. The topological polar surface area (TPSA) is 116 Å². The van der Waals surface area contributed by atoms with Gasteiger partial charge in [0.25, 0.3) is 0 Å². The third-order valence-electron chi connectivity index (χ3n) is 0. The van der Waals surface area contributed by atoms with Gasteiger partial charge in [0.15, 0.2) is 0 Å². The lowest BCUT2D eigenvalue weighted by molar-refractivity contribution is 0.803. The second-order valence-corrected chi connectivity index (χ2v) is 0.167. The first-order chi connectivity index (χ1) is 2.41. The fourth-order valence-corrected chi connectivity index (χ4v) is 0. The molecule has 0 heterocycles. The summed E-state index contributed by atoms with van der Waals surface area (Å²) >= 11 is 0. The van der Waals surface area contributed by atoms with E-state index in [1.54, 1.807) is 5.53 Å². The Morgan fingerprint density at radius 3 is 1.00 bits per heavy atom. The summed E-state index contributed by atoms with van der Waals surface area (Å²) in [5.74, 6) is 16.8. The Labute approximate surface area is 30.2 Å². The van der Waals surface area contributed by atoms with Crippen molar-refractivity contribution in [1.82, 2.24) is 5.53 Å². The Morgan fingerprint density at radius 1 is 1.00 bits per heavy atom. The normalized spacial score (nSPS) is 4.80. The molecule has 0 amide bonds. The van der Waals surface area contributed by atoms with Gasteiger partial charge in [0.1, 0.15) is 0 Å². The molecule has 0 aromatic carbocycles. The molecule has 5 nitrogen and oxygen atoms in total. The minimum Gasteiger partial charge on any atom is -0.274 e. The second-order valence-electron chi connectivity index (χ2n) is 0.167. The Bertz CT molecular complexity index is 0. The van der Waals surface area contributed by atoms with Gasteiger partial charge >= 0.3 is 0 Å². The van der Waals surface area contributed by atoms with Gasteiger partial charge in [-0.15, -0.1) is 0 Å². The van der Waals surface area contributed by atoms with Gasteiger partial charge in [-0.1, -0.05) is 0 Å². The molecule has 0 atom stereocenters. The van der Waals surface area contributed by atoms with Gasteiger partial charge in [0, 0.05) is 0 Å². The molecular formula is H9N5. The molecule has 0 radical (unpaired) electrons. The highest BCUT2D eigenvalue weighted by Crippen LogP contribution is 0.559. The fraction of sp³-hybridized carbons (Fsp3) is 0. The summed E-state index contributed by atoms with van der Waals surface area (Å²) in [4.78, 5) is 0. The van der Waals surface area contributed by atoms with E-state index in [0.29, 0.717) is 0 Å². The van der Waals surface area contributed by atoms with Crippen LogP contribution in [-0.4, -0.2) is 0 Å².